The van der Waals surface area contributed by atoms with Crippen LogP contribution in [0.3, 0.4) is 0 Å². The van der Waals surface area contributed by atoms with E-state index in [-0.39, 0.29) is 0 Å². The maximum atomic E-state index is 10.0. The first-order valence-electron chi connectivity index (χ1n) is 8.00. The van der Waals surface area contributed by atoms with E-state index in [1.807, 2.05) is 12.1 Å². The second-order valence-electron chi connectivity index (χ2n) is 6.92. The normalized spacial score (nSPS) is 32.7. The van der Waals surface area contributed by atoms with Gasteiger partial charge in [0, 0.05) is 30.1 Å². The Hall–Kier alpha value is -1.99. The van der Waals surface area contributed by atoms with Gasteiger partial charge in [-0.3, -0.25) is 4.90 Å². The molecule has 0 spiro atoms. The van der Waals surface area contributed by atoms with E-state index in [9.17, 15) is 5.26 Å². The van der Waals surface area contributed by atoms with E-state index < -0.39 is 5.41 Å². The third kappa shape index (κ3) is 1.36. The number of hydrogen-bond acceptors (Lipinski definition) is 4. The Morgan fingerprint density at radius 3 is 3.14 bits per heavy atom. The number of ether oxygens (including phenoxy) is 1. The van der Waals surface area contributed by atoms with Crippen LogP contribution in [-0.2, 0) is 11.8 Å². The van der Waals surface area contributed by atoms with Crippen molar-refractivity contribution in [3.8, 4) is 11.8 Å². The van der Waals surface area contributed by atoms with Crippen LogP contribution in [0.2, 0.25) is 0 Å². The van der Waals surface area contributed by atoms with Crippen LogP contribution in [0, 0.1) is 17.2 Å². The molecule has 0 N–H and O–H groups in total. The van der Waals surface area contributed by atoms with Crippen LogP contribution < -0.4 is 4.74 Å². The van der Waals surface area contributed by atoms with Crippen molar-refractivity contribution in [1.82, 2.24) is 4.90 Å². The molecule has 1 saturated carbocycles. The summed E-state index contributed by atoms with van der Waals surface area (Å²) in [5.74, 6) is 2.44. The van der Waals surface area contributed by atoms with Gasteiger partial charge in [0.2, 0.25) is 0 Å². The number of hydrogen-bond donors (Lipinski definition) is 0. The summed E-state index contributed by atoms with van der Waals surface area (Å²) in [6.45, 7) is 2.18. The van der Waals surface area contributed by atoms with Gasteiger partial charge in [0.25, 0.3) is 0 Å². The molecule has 2 aliphatic heterocycles. The highest BCUT2D eigenvalue weighted by Gasteiger charge is 2.59. The third-order valence-corrected chi connectivity index (χ3v) is 5.92. The van der Waals surface area contributed by atoms with E-state index >= 15 is 0 Å². The molecule has 5 rings (SSSR count). The maximum Gasteiger partial charge on any atom is 0.134 e. The summed E-state index contributed by atoms with van der Waals surface area (Å²) in [6.07, 6.45) is 3.06. The molecule has 3 atom stereocenters. The van der Waals surface area contributed by atoms with Crippen LogP contribution in [0.15, 0.2) is 22.6 Å². The molecule has 2 aromatic rings. The van der Waals surface area contributed by atoms with Gasteiger partial charge in [-0.2, -0.15) is 5.26 Å². The van der Waals surface area contributed by atoms with Crippen LogP contribution in [0.25, 0.3) is 11.0 Å². The number of rotatable bonds is 1. The minimum atomic E-state index is -0.443. The molecule has 0 unspecified atom stereocenters. The predicted octanol–water partition coefficient (Wildman–Crippen LogP) is 2.85. The SMILES string of the molecule is COc1ccc2oc3c(c2c1)CCN1C[C@@H]2C[C@H]1[C@@]3(C#N)C2. The van der Waals surface area contributed by atoms with Gasteiger partial charge in [-0.25, -0.2) is 0 Å². The first-order chi connectivity index (χ1) is 10.7. The van der Waals surface area contributed by atoms with Gasteiger partial charge >= 0.3 is 0 Å². The zero-order valence-corrected chi connectivity index (χ0v) is 12.6. The number of fused-ring (bicyclic) bond motifs is 5. The Morgan fingerprint density at radius 1 is 1.45 bits per heavy atom. The Morgan fingerprint density at radius 2 is 2.36 bits per heavy atom. The van der Waals surface area contributed by atoms with Crippen molar-refractivity contribution in [2.24, 2.45) is 5.92 Å². The molecule has 1 aliphatic carbocycles. The Kier molecular flexibility index (Phi) is 2.31. The number of methoxy groups -OCH3 is 1. The molecule has 1 aromatic heterocycles. The lowest BCUT2D eigenvalue weighted by molar-refractivity contribution is 0.158. The number of furan rings is 1. The summed E-state index contributed by atoms with van der Waals surface area (Å²) >= 11 is 0. The fourth-order valence-corrected chi connectivity index (χ4v) is 5.03. The van der Waals surface area contributed by atoms with Gasteiger partial charge in [0.05, 0.1) is 13.2 Å². The van der Waals surface area contributed by atoms with Crippen LogP contribution in [0.4, 0.5) is 0 Å². The molecule has 2 fully saturated rings. The van der Waals surface area contributed by atoms with E-state index in [1.165, 1.54) is 5.56 Å². The van der Waals surface area contributed by atoms with E-state index in [0.29, 0.717) is 12.0 Å². The second-order valence-corrected chi connectivity index (χ2v) is 6.92. The summed E-state index contributed by atoms with van der Waals surface area (Å²) in [4.78, 5) is 2.51. The lowest BCUT2D eigenvalue weighted by Crippen LogP contribution is -2.46. The molecule has 1 saturated heterocycles. The molecule has 4 heteroatoms. The van der Waals surface area contributed by atoms with E-state index in [4.69, 9.17) is 9.15 Å². The van der Waals surface area contributed by atoms with Crippen molar-refractivity contribution in [3.05, 3.63) is 29.5 Å². The molecule has 3 heterocycles. The predicted molar refractivity (Wildman–Crippen MR) is 81.8 cm³/mol. The fourth-order valence-electron chi connectivity index (χ4n) is 5.03. The Balaban J connectivity index is 1.79. The Bertz CT molecular complexity index is 818. The molecule has 112 valence electrons. The van der Waals surface area contributed by atoms with E-state index in [2.05, 4.69) is 17.0 Å². The van der Waals surface area contributed by atoms with Crippen molar-refractivity contribution in [2.45, 2.75) is 30.7 Å². The first kappa shape index (κ1) is 12.5. The van der Waals surface area contributed by atoms with Crippen molar-refractivity contribution in [2.75, 3.05) is 20.2 Å². The largest absolute Gasteiger partial charge is 0.497 e. The van der Waals surface area contributed by atoms with Crippen LogP contribution in [-0.4, -0.2) is 31.1 Å². The topological polar surface area (TPSA) is 49.4 Å². The number of nitrogens with zero attached hydrogens (tertiary/aromatic N) is 2. The quantitative estimate of drug-likeness (QED) is 0.811. The van der Waals surface area contributed by atoms with Gasteiger partial charge in [-0.05, 0) is 43.4 Å². The van der Waals surface area contributed by atoms with Gasteiger partial charge < -0.3 is 9.15 Å². The zero-order valence-electron chi connectivity index (χ0n) is 12.6. The molecule has 3 aliphatic rings. The van der Waals surface area contributed by atoms with Gasteiger partial charge in [-0.1, -0.05) is 0 Å². The molecular weight excluding hydrogens is 276 g/mol. The van der Waals surface area contributed by atoms with Crippen LogP contribution >= 0.6 is 0 Å². The molecule has 4 nitrogen and oxygen atoms in total. The minimum absolute atomic E-state index is 0.339. The van der Waals surface area contributed by atoms with E-state index in [1.54, 1.807) is 7.11 Å². The van der Waals surface area contributed by atoms with Gasteiger partial charge in [0.1, 0.15) is 22.5 Å². The standard InChI is InChI=1S/C18H18N2O2/c1-21-12-2-3-15-14(7-12)13-4-5-20-9-11-6-16(20)18(8-11,10-19)17(13)22-15/h2-3,7,11,16H,4-6,8-9H2,1H3/t11-,16+,18+/m1/s1. The molecule has 22 heavy (non-hydrogen) atoms. The summed E-state index contributed by atoms with van der Waals surface area (Å²) in [7, 11) is 1.68. The van der Waals surface area contributed by atoms with Gasteiger partial charge in [-0.15, -0.1) is 0 Å². The molecule has 2 bridgehead atoms. The van der Waals surface area contributed by atoms with Crippen LogP contribution in [0.5, 0.6) is 5.75 Å². The average molecular weight is 294 g/mol. The molecule has 0 amide bonds. The van der Waals surface area contributed by atoms with Crippen molar-refractivity contribution in [1.29, 1.82) is 5.26 Å². The highest BCUT2D eigenvalue weighted by molar-refractivity contribution is 5.84. The summed E-state index contributed by atoms with van der Waals surface area (Å²) in [5.41, 5.74) is 1.67. The second kappa shape index (κ2) is 4.05. The third-order valence-electron chi connectivity index (χ3n) is 5.92. The van der Waals surface area contributed by atoms with Crippen LogP contribution in [0.1, 0.15) is 24.2 Å². The summed E-state index contributed by atoms with van der Waals surface area (Å²) in [5, 5.41) is 11.1. The maximum absolute atomic E-state index is 10.0. The van der Waals surface area contributed by atoms with E-state index in [0.717, 1.165) is 54.8 Å². The molecule has 1 aromatic carbocycles. The van der Waals surface area contributed by atoms with Crippen molar-refractivity contribution < 1.29 is 9.15 Å². The minimum Gasteiger partial charge on any atom is -0.497 e. The van der Waals surface area contributed by atoms with Gasteiger partial charge in [0.15, 0.2) is 0 Å². The molecular formula is C18H18N2O2. The first-order valence-corrected chi connectivity index (χ1v) is 8.00. The fraction of sp³-hybridized carbons (Fsp3) is 0.500. The summed E-state index contributed by atoms with van der Waals surface area (Å²) < 4.78 is 11.6. The zero-order chi connectivity index (χ0) is 14.9. The summed E-state index contributed by atoms with van der Waals surface area (Å²) in [6, 6.07) is 8.95. The number of benzene rings is 1. The monoisotopic (exact) mass is 294 g/mol. The highest BCUT2D eigenvalue weighted by atomic mass is 16.5. The average Bonchev–Trinajstić information content (AvgIpc) is 3.21. The lowest BCUT2D eigenvalue weighted by atomic mass is 9.77. The molecule has 0 radical (unpaired) electrons. The number of nitriles is 1. The smallest absolute Gasteiger partial charge is 0.134 e. The van der Waals surface area contributed by atoms with Crippen molar-refractivity contribution in [3.63, 3.8) is 0 Å². The van der Waals surface area contributed by atoms with Crippen molar-refractivity contribution >= 4 is 11.0 Å². The lowest BCUT2D eigenvalue weighted by Gasteiger charge is -2.35. The highest BCUT2D eigenvalue weighted by Crippen LogP contribution is 2.55. The number of piperidine rings is 1. The Labute approximate surface area is 129 Å².